The van der Waals surface area contributed by atoms with Crippen LogP contribution in [-0.4, -0.2) is 22.2 Å². The van der Waals surface area contributed by atoms with Crippen molar-refractivity contribution in [2.75, 3.05) is 5.32 Å². The Kier molecular flexibility index (Phi) is 4.14. The van der Waals surface area contributed by atoms with Crippen LogP contribution in [-0.2, 0) is 0 Å². The van der Waals surface area contributed by atoms with Crippen molar-refractivity contribution >= 4 is 22.9 Å². The smallest absolute Gasteiger partial charge is 0.135 e. The molecule has 0 saturated heterocycles. The second kappa shape index (κ2) is 5.63. The zero-order chi connectivity index (χ0) is 13.1. The van der Waals surface area contributed by atoms with Crippen molar-refractivity contribution < 1.29 is 9.50 Å². The average molecular weight is 268 g/mol. The number of rotatable bonds is 3. The van der Waals surface area contributed by atoms with E-state index in [2.05, 4.69) is 5.32 Å². The molecule has 0 bridgehead atoms. The molecule has 4 N–H and O–H groups in total. The molecule has 0 radical (unpaired) electrons. The van der Waals surface area contributed by atoms with Crippen LogP contribution in [0.3, 0.4) is 0 Å². The number of halogens is 1. The highest BCUT2D eigenvalue weighted by Gasteiger charge is 2.21. The molecule has 98 valence electrons. The summed E-state index contributed by atoms with van der Waals surface area (Å²) in [5, 5.41) is 12.7. The van der Waals surface area contributed by atoms with Gasteiger partial charge in [0, 0.05) is 11.7 Å². The van der Waals surface area contributed by atoms with Crippen molar-refractivity contribution in [2.24, 2.45) is 5.73 Å². The van der Waals surface area contributed by atoms with Gasteiger partial charge in [-0.3, -0.25) is 0 Å². The number of thiocarbonyl (C=S) groups is 1. The van der Waals surface area contributed by atoms with Crippen molar-refractivity contribution in [3.63, 3.8) is 0 Å². The molecule has 1 fully saturated rings. The lowest BCUT2D eigenvalue weighted by molar-refractivity contribution is 0.126. The Bertz CT molecular complexity index is 445. The molecule has 0 spiro atoms. The first-order chi connectivity index (χ1) is 8.58. The second-order valence-corrected chi connectivity index (χ2v) is 5.12. The number of nitrogens with two attached hydrogens (primary N) is 1. The highest BCUT2D eigenvalue weighted by Crippen LogP contribution is 2.25. The van der Waals surface area contributed by atoms with Crippen LogP contribution in [0.15, 0.2) is 18.2 Å². The number of anilines is 1. The third-order valence-electron chi connectivity index (χ3n) is 3.32. The maximum atomic E-state index is 13.7. The van der Waals surface area contributed by atoms with Crippen LogP contribution in [0.1, 0.15) is 31.2 Å². The fraction of sp³-hybridized carbons (Fsp3) is 0.462. The van der Waals surface area contributed by atoms with Crippen LogP contribution in [0.4, 0.5) is 10.1 Å². The minimum absolute atomic E-state index is 0.0615. The first-order valence-electron chi connectivity index (χ1n) is 6.11. The van der Waals surface area contributed by atoms with Gasteiger partial charge in [-0.05, 0) is 37.8 Å². The lowest BCUT2D eigenvalue weighted by Gasteiger charge is -2.27. The summed E-state index contributed by atoms with van der Waals surface area (Å²) in [5.41, 5.74) is 6.47. The molecular weight excluding hydrogens is 251 g/mol. The fourth-order valence-electron chi connectivity index (χ4n) is 2.33. The van der Waals surface area contributed by atoms with Gasteiger partial charge >= 0.3 is 0 Å². The zero-order valence-corrected chi connectivity index (χ0v) is 10.8. The van der Waals surface area contributed by atoms with E-state index >= 15 is 0 Å². The summed E-state index contributed by atoms with van der Waals surface area (Å²) in [6.45, 7) is 0. The number of aliphatic hydroxyl groups is 1. The maximum absolute atomic E-state index is 13.7. The average Bonchev–Trinajstić information content (AvgIpc) is 2.32. The Morgan fingerprint density at radius 2 is 2.00 bits per heavy atom. The molecule has 1 aromatic rings. The first-order valence-corrected chi connectivity index (χ1v) is 6.51. The number of hydrogen-bond donors (Lipinski definition) is 3. The monoisotopic (exact) mass is 268 g/mol. The fourth-order valence-corrected chi connectivity index (χ4v) is 2.54. The molecule has 0 unspecified atom stereocenters. The molecule has 0 aliphatic heterocycles. The van der Waals surface area contributed by atoms with Crippen molar-refractivity contribution in [3.05, 3.63) is 29.6 Å². The molecule has 1 aliphatic rings. The van der Waals surface area contributed by atoms with Gasteiger partial charge in [-0.2, -0.15) is 0 Å². The molecule has 2 rings (SSSR count). The van der Waals surface area contributed by atoms with E-state index in [1.807, 2.05) is 0 Å². The van der Waals surface area contributed by atoms with Gasteiger partial charge in [0.25, 0.3) is 0 Å². The summed E-state index contributed by atoms with van der Waals surface area (Å²) < 4.78 is 13.7. The summed E-state index contributed by atoms with van der Waals surface area (Å²) >= 11 is 4.88. The highest BCUT2D eigenvalue weighted by atomic mass is 32.1. The normalized spacial score (nSPS) is 23.7. The SMILES string of the molecule is NC(=S)c1c(F)cccc1NC1CCC(O)CC1. The van der Waals surface area contributed by atoms with Gasteiger partial charge in [0.15, 0.2) is 0 Å². The van der Waals surface area contributed by atoms with Crippen LogP contribution in [0.5, 0.6) is 0 Å². The quantitative estimate of drug-likeness (QED) is 0.735. The van der Waals surface area contributed by atoms with Gasteiger partial charge in [0.05, 0.1) is 11.7 Å². The molecule has 1 saturated carbocycles. The summed E-state index contributed by atoms with van der Waals surface area (Å²) in [5.74, 6) is -0.400. The minimum atomic E-state index is -0.400. The third kappa shape index (κ3) is 2.97. The maximum Gasteiger partial charge on any atom is 0.135 e. The Hall–Kier alpha value is -1.20. The molecule has 5 heteroatoms. The topological polar surface area (TPSA) is 58.3 Å². The number of hydrogen-bond acceptors (Lipinski definition) is 3. The van der Waals surface area contributed by atoms with E-state index in [0.29, 0.717) is 5.69 Å². The van der Waals surface area contributed by atoms with E-state index in [1.54, 1.807) is 12.1 Å². The Morgan fingerprint density at radius 3 is 2.61 bits per heavy atom. The highest BCUT2D eigenvalue weighted by molar-refractivity contribution is 7.80. The molecule has 0 amide bonds. The molecule has 18 heavy (non-hydrogen) atoms. The van der Waals surface area contributed by atoms with E-state index in [0.717, 1.165) is 25.7 Å². The largest absolute Gasteiger partial charge is 0.393 e. The van der Waals surface area contributed by atoms with E-state index < -0.39 is 5.82 Å². The van der Waals surface area contributed by atoms with Crippen LogP contribution in [0.25, 0.3) is 0 Å². The summed E-state index contributed by atoms with van der Waals surface area (Å²) in [4.78, 5) is 0.0615. The van der Waals surface area contributed by atoms with Gasteiger partial charge in [-0.15, -0.1) is 0 Å². The van der Waals surface area contributed by atoms with Crippen LogP contribution < -0.4 is 11.1 Å². The molecule has 1 aromatic carbocycles. The van der Waals surface area contributed by atoms with Gasteiger partial charge in [-0.25, -0.2) is 4.39 Å². The van der Waals surface area contributed by atoms with Crippen molar-refractivity contribution in [3.8, 4) is 0 Å². The summed E-state index contributed by atoms with van der Waals surface area (Å²) in [6.07, 6.45) is 3.08. The first kappa shape index (κ1) is 13.2. The van der Waals surface area contributed by atoms with Crippen LogP contribution in [0.2, 0.25) is 0 Å². The van der Waals surface area contributed by atoms with E-state index in [4.69, 9.17) is 18.0 Å². The Morgan fingerprint density at radius 1 is 1.33 bits per heavy atom. The summed E-state index contributed by atoms with van der Waals surface area (Å²) in [6, 6.07) is 5.01. The molecule has 0 atom stereocenters. The third-order valence-corrected chi connectivity index (χ3v) is 3.52. The van der Waals surface area contributed by atoms with E-state index in [9.17, 15) is 9.50 Å². The van der Waals surface area contributed by atoms with Crippen molar-refractivity contribution in [1.29, 1.82) is 0 Å². The van der Waals surface area contributed by atoms with E-state index in [-0.39, 0.29) is 22.7 Å². The lowest BCUT2D eigenvalue weighted by Crippen LogP contribution is -2.29. The molecular formula is C13H17FN2OS. The minimum Gasteiger partial charge on any atom is -0.393 e. The number of nitrogens with one attached hydrogen (secondary N) is 1. The molecule has 0 heterocycles. The molecule has 0 aromatic heterocycles. The zero-order valence-electron chi connectivity index (χ0n) is 10.0. The standard InChI is InChI=1S/C13H17FN2OS/c14-10-2-1-3-11(12(10)13(15)18)16-8-4-6-9(17)7-5-8/h1-3,8-9,16-17H,4-7H2,(H2,15,18). The summed E-state index contributed by atoms with van der Waals surface area (Å²) in [7, 11) is 0. The van der Waals surface area contributed by atoms with Gasteiger partial charge < -0.3 is 16.2 Å². The van der Waals surface area contributed by atoms with Crippen LogP contribution >= 0.6 is 12.2 Å². The lowest BCUT2D eigenvalue weighted by atomic mass is 9.93. The van der Waals surface area contributed by atoms with Crippen molar-refractivity contribution in [1.82, 2.24) is 0 Å². The van der Waals surface area contributed by atoms with Crippen LogP contribution in [0, 0.1) is 5.82 Å². The molecule has 3 nitrogen and oxygen atoms in total. The Labute approximate surface area is 111 Å². The number of aliphatic hydroxyl groups excluding tert-OH is 1. The molecule has 1 aliphatic carbocycles. The van der Waals surface area contributed by atoms with Gasteiger partial charge in [0.2, 0.25) is 0 Å². The predicted octanol–water partition coefficient (Wildman–Crippen LogP) is 2.18. The second-order valence-electron chi connectivity index (χ2n) is 4.68. The Balaban J connectivity index is 2.14. The van der Waals surface area contributed by atoms with Gasteiger partial charge in [-0.1, -0.05) is 18.3 Å². The number of benzene rings is 1. The van der Waals surface area contributed by atoms with E-state index in [1.165, 1.54) is 6.07 Å². The van der Waals surface area contributed by atoms with Crippen molar-refractivity contribution in [2.45, 2.75) is 37.8 Å². The van der Waals surface area contributed by atoms with Gasteiger partial charge in [0.1, 0.15) is 10.8 Å². The predicted molar refractivity (Wildman–Crippen MR) is 74.2 cm³/mol.